The summed E-state index contributed by atoms with van der Waals surface area (Å²) in [7, 11) is -14.4. The molecule has 16 aromatic rings. The molecule has 0 spiro atoms. The Labute approximate surface area is 702 Å². The van der Waals surface area contributed by atoms with Crippen molar-refractivity contribution in [3.05, 3.63) is 329 Å². The van der Waals surface area contributed by atoms with Crippen LogP contribution in [0.1, 0.15) is 129 Å². The van der Waals surface area contributed by atoms with Crippen LogP contribution in [-0.4, -0.2) is 99.1 Å². The van der Waals surface area contributed by atoms with Gasteiger partial charge in [-0.25, -0.2) is 52.4 Å². The lowest BCUT2D eigenvalue weighted by Crippen LogP contribution is -2.17. The van der Waals surface area contributed by atoms with E-state index < -0.39 is 51.5 Å². The Hall–Kier alpha value is -12.4. The van der Waals surface area contributed by atoms with Crippen molar-refractivity contribution < 1.29 is 51.6 Å². The summed E-state index contributed by atoms with van der Waals surface area (Å²) in [6.45, 7) is 26.1. The number of aryl methyl sites for hydroxylation is 5. The first-order chi connectivity index (χ1) is 57.2. The van der Waals surface area contributed by atoms with Crippen LogP contribution < -0.4 is 4.74 Å². The van der Waals surface area contributed by atoms with Gasteiger partial charge in [-0.3, -0.25) is 19.9 Å². The number of rotatable bonds is 18. The first-order valence-electron chi connectivity index (χ1n) is 38.9. The zero-order chi connectivity index (χ0) is 86.7. The van der Waals surface area contributed by atoms with Gasteiger partial charge in [-0.1, -0.05) is 122 Å². The Kier molecular flexibility index (Phi) is 24.8. The minimum Gasteiger partial charge on any atom is -0.406 e. The maximum absolute atomic E-state index is 13.2. The fourth-order valence-corrected chi connectivity index (χ4v) is 19.3. The van der Waals surface area contributed by atoms with Gasteiger partial charge in [-0.2, -0.15) is 20.4 Å². The van der Waals surface area contributed by atoms with Gasteiger partial charge in [0.2, 0.25) is 0 Å². The number of pyridine rings is 4. The molecule has 8 aromatic carbocycles. The molecule has 0 amide bonds. The third-order valence-electron chi connectivity index (χ3n) is 20.1. The van der Waals surface area contributed by atoms with Gasteiger partial charge >= 0.3 is 6.36 Å². The summed E-state index contributed by atoms with van der Waals surface area (Å²) in [5.74, 6) is -0.885. The van der Waals surface area contributed by atoms with Crippen molar-refractivity contribution in [2.75, 3.05) is 0 Å². The molecule has 21 nitrogen and oxygen atoms in total. The summed E-state index contributed by atoms with van der Waals surface area (Å²) in [6, 6.07) is 69.1. The third kappa shape index (κ3) is 20.4. The van der Waals surface area contributed by atoms with Crippen molar-refractivity contribution in [2.45, 2.75) is 156 Å². The number of nitrogens with zero attached hydrogens (tertiary/aromatic N) is 12. The van der Waals surface area contributed by atoms with Gasteiger partial charge < -0.3 is 4.74 Å². The summed E-state index contributed by atoms with van der Waals surface area (Å²) in [6.07, 6.45) is 2.08. The van der Waals surface area contributed by atoms with Gasteiger partial charge in [0.05, 0.1) is 127 Å². The van der Waals surface area contributed by atoms with Gasteiger partial charge in [-0.15, -0.1) is 13.2 Å². The zero-order valence-corrected chi connectivity index (χ0v) is 72.3. The molecule has 0 unspecified atom stereocenters. The molecular weight excluding hydrogens is 1610 g/mol. The summed E-state index contributed by atoms with van der Waals surface area (Å²) in [5.41, 5.74) is 15.1. The third-order valence-corrected chi connectivity index (χ3v) is 26.8. The van der Waals surface area contributed by atoms with Gasteiger partial charge in [0, 0.05) is 57.4 Å². The van der Waals surface area contributed by atoms with Gasteiger partial charge in [0.1, 0.15) is 5.75 Å². The lowest BCUT2D eigenvalue weighted by Gasteiger charge is -2.19. The maximum Gasteiger partial charge on any atom is 0.573 e. The van der Waals surface area contributed by atoms with E-state index in [2.05, 4.69) is 100 Å². The molecule has 0 aliphatic rings. The minimum atomic E-state index is -4.85. The number of fused-ring (bicyclic) bond motifs is 4. The van der Waals surface area contributed by atoms with Crippen molar-refractivity contribution in [2.24, 2.45) is 0 Å². The Morgan fingerprint density at radius 3 is 1.06 bits per heavy atom. The normalized spacial score (nSPS) is 12.3. The molecule has 28 heteroatoms. The SMILES string of the molecule is Cc1cc(CS(=O)(=O)c2ccc(C(C)(C)C)cc2)n(-c2cccc3cnccc23)n1.Cc1cc(CS(=O)(=O)c2ccc(C(C)C)cc2)n(-c2cccc3ncccc23)n1.Cc1cc(CS(=O)(=O)c2ccc(OC(F)(F)F)cc2)n(-c2cccc3ncccc23)n1.Cc1ccc2c(-n3nc(C)cc3CS(=O)(=O)c3ccc(C(C)(C)C)cc3)cccc2n1. The average molecular weight is 1710 g/mol. The largest absolute Gasteiger partial charge is 0.573 e. The van der Waals surface area contributed by atoms with E-state index in [1.807, 2.05) is 185 Å². The quantitative estimate of drug-likeness (QED) is 0.0772. The molecule has 0 aliphatic carbocycles. The molecule has 0 atom stereocenters. The molecule has 0 N–H and O–H groups in total. The molecule has 0 saturated carbocycles. The first-order valence-corrected chi connectivity index (χ1v) is 45.5. The van der Waals surface area contributed by atoms with Gasteiger partial charge in [0.15, 0.2) is 39.3 Å². The Balaban J connectivity index is 0.000000139. The zero-order valence-electron chi connectivity index (χ0n) is 69.0. The monoisotopic (exact) mass is 1700 g/mol. The predicted octanol–water partition coefficient (Wildman–Crippen LogP) is 19.7. The number of ether oxygens (including phenoxy) is 1. The van der Waals surface area contributed by atoms with Crippen molar-refractivity contribution in [1.29, 1.82) is 0 Å². The van der Waals surface area contributed by atoms with Crippen LogP contribution >= 0.6 is 0 Å². The van der Waals surface area contributed by atoms with E-state index in [4.69, 9.17) is 0 Å². The first kappa shape index (κ1) is 86.5. The highest BCUT2D eigenvalue weighted by Crippen LogP contribution is 2.34. The molecule has 0 fully saturated rings. The predicted molar refractivity (Wildman–Crippen MR) is 467 cm³/mol. The second-order valence-electron chi connectivity index (χ2n) is 31.9. The summed E-state index contributed by atoms with van der Waals surface area (Å²) < 4.78 is 152. The lowest BCUT2D eigenvalue weighted by atomic mass is 9.87. The number of sulfone groups is 4. The number of hydrogen-bond donors (Lipinski definition) is 0. The van der Waals surface area contributed by atoms with Crippen LogP contribution in [0, 0.1) is 34.6 Å². The van der Waals surface area contributed by atoms with Crippen LogP contribution in [0.3, 0.4) is 0 Å². The average Bonchev–Trinajstić information content (AvgIpc) is 1.68. The number of aromatic nitrogens is 12. The summed E-state index contributed by atoms with van der Waals surface area (Å²) in [5, 5.41) is 22.8. The highest BCUT2D eigenvalue weighted by atomic mass is 32.2. The van der Waals surface area contributed by atoms with Crippen LogP contribution in [0.5, 0.6) is 5.75 Å². The Morgan fingerprint density at radius 2 is 0.694 bits per heavy atom. The van der Waals surface area contributed by atoms with Crippen molar-refractivity contribution in [1.82, 2.24) is 59.1 Å². The Bertz CT molecular complexity index is 6960. The van der Waals surface area contributed by atoms with E-state index in [0.29, 0.717) is 54.8 Å². The second-order valence-corrected chi connectivity index (χ2v) is 39.9. The molecule has 0 saturated heterocycles. The van der Waals surface area contributed by atoms with E-state index in [1.165, 1.54) is 0 Å². The van der Waals surface area contributed by atoms with Crippen LogP contribution in [0.2, 0.25) is 0 Å². The van der Waals surface area contributed by atoms with E-state index in [0.717, 1.165) is 124 Å². The number of alkyl halides is 3. The summed E-state index contributed by atoms with van der Waals surface area (Å²) >= 11 is 0. The molecule has 121 heavy (non-hydrogen) atoms. The van der Waals surface area contributed by atoms with Crippen LogP contribution in [-0.2, 0) is 73.2 Å². The number of benzene rings is 8. The molecule has 8 heterocycles. The molecule has 0 radical (unpaired) electrons. The highest BCUT2D eigenvalue weighted by Gasteiger charge is 2.32. The van der Waals surface area contributed by atoms with Gasteiger partial charge in [-0.05, 0) is 238 Å². The van der Waals surface area contributed by atoms with Crippen molar-refractivity contribution in [3.8, 4) is 28.5 Å². The highest BCUT2D eigenvalue weighted by molar-refractivity contribution is 7.91. The number of halogens is 3. The van der Waals surface area contributed by atoms with E-state index in [-0.39, 0.29) is 38.7 Å². The van der Waals surface area contributed by atoms with Crippen molar-refractivity contribution >= 4 is 82.8 Å². The fourth-order valence-electron chi connectivity index (χ4n) is 14.1. The van der Waals surface area contributed by atoms with Crippen LogP contribution in [0.25, 0.3) is 66.2 Å². The van der Waals surface area contributed by atoms with E-state index >= 15 is 0 Å². The van der Waals surface area contributed by atoms with E-state index in [1.54, 1.807) is 105 Å². The molecule has 8 aromatic heterocycles. The molecular formula is C93H91F3N12O9S4. The van der Waals surface area contributed by atoms with Crippen LogP contribution in [0.4, 0.5) is 13.2 Å². The molecule has 16 rings (SSSR count). The smallest absolute Gasteiger partial charge is 0.406 e. The maximum atomic E-state index is 13.2. The lowest BCUT2D eigenvalue weighted by molar-refractivity contribution is -0.274. The fraction of sp³-hybridized carbons (Fsp3) is 0.226. The molecule has 0 bridgehead atoms. The minimum absolute atomic E-state index is 0.0265. The summed E-state index contributed by atoms with van der Waals surface area (Å²) in [4.78, 5) is 18.3. The number of hydrogen-bond acceptors (Lipinski definition) is 17. The van der Waals surface area contributed by atoms with Crippen LogP contribution in [0.15, 0.2) is 281 Å². The molecule has 0 aliphatic heterocycles. The van der Waals surface area contributed by atoms with Gasteiger partial charge in [0.25, 0.3) is 0 Å². The topological polar surface area (TPSA) is 269 Å². The standard InChI is InChI=1S/C25H27N3O2S.C24H25N3O2S.C23H23N3O2S.C21H16F3N3O3S/c1-17-9-14-22-23(26-17)7-6-8-24(22)28-20(15-18(2)27-28)16-31(29,30)21-12-10-19(11-13-21)25(3,4)5;1-17-14-20(16-30(28,29)21-10-8-19(9-11-21)24(2,3)4)27(26-17)23-7-5-6-18-15-25-13-12-22(18)23;1-16(2)18-9-11-20(12-10-18)29(27,28)15-19-14-17(3)25-26(19)23-8-4-7-22-21(23)6-5-13-24-22;1-14-12-15(27(26-14)20-6-2-5-19-18(20)4-3-11-25-19)13-31(28,29)17-9-7-16(8-10-17)30-21(22,23)24/h6-15H,16H2,1-5H3;5-15H,16H2,1-4H3;4-14,16H,15H2,1-3H3;2-12H,13H2,1H3. The van der Waals surface area contributed by atoms with E-state index in [9.17, 15) is 46.8 Å². The Morgan fingerprint density at radius 1 is 0.355 bits per heavy atom. The van der Waals surface area contributed by atoms with Crippen molar-refractivity contribution in [3.63, 3.8) is 0 Å². The second kappa shape index (κ2) is 34.8. The molecule has 622 valence electrons.